The molecule has 1 heterocycles. The van der Waals surface area contributed by atoms with Gasteiger partial charge in [0.1, 0.15) is 12.4 Å². The van der Waals surface area contributed by atoms with Gasteiger partial charge in [-0.3, -0.25) is 0 Å². The van der Waals surface area contributed by atoms with Crippen LogP contribution in [-0.4, -0.2) is 32.2 Å². The van der Waals surface area contributed by atoms with Crippen molar-refractivity contribution in [2.75, 3.05) is 12.4 Å². The van der Waals surface area contributed by atoms with Gasteiger partial charge in [0.25, 0.3) is 0 Å². The van der Waals surface area contributed by atoms with Gasteiger partial charge in [-0.15, -0.1) is 10.2 Å². The number of aliphatic hydroxyl groups excluding tert-OH is 1. The maximum absolute atomic E-state index is 9.08. The summed E-state index contributed by atoms with van der Waals surface area (Å²) in [5, 5.41) is 17.9. The molecule has 0 radical (unpaired) electrons. The molecule has 0 atom stereocenters. The summed E-state index contributed by atoms with van der Waals surface area (Å²) in [6, 6.07) is 8.31. The zero-order valence-corrected chi connectivity index (χ0v) is 15.1. The van der Waals surface area contributed by atoms with Crippen LogP contribution in [-0.2, 0) is 19.1 Å². The molecule has 23 heavy (non-hydrogen) atoms. The molecule has 0 aliphatic heterocycles. The number of benzene rings is 1. The van der Waals surface area contributed by atoms with Gasteiger partial charge in [-0.1, -0.05) is 44.7 Å². The minimum Gasteiger partial charge on any atom is -0.494 e. The second-order valence-electron chi connectivity index (χ2n) is 6.44. The lowest BCUT2D eigenvalue weighted by Gasteiger charge is -2.19. The van der Waals surface area contributed by atoms with Crippen LogP contribution in [0.5, 0.6) is 5.75 Å². The lowest BCUT2D eigenvalue weighted by atomic mass is 9.87. The molecule has 6 heteroatoms. The van der Waals surface area contributed by atoms with Crippen molar-refractivity contribution in [3.63, 3.8) is 0 Å². The maximum atomic E-state index is 9.08. The molecule has 0 aliphatic rings. The average Bonchev–Trinajstić information content (AvgIpc) is 2.87. The van der Waals surface area contributed by atoms with E-state index in [0.29, 0.717) is 12.4 Å². The predicted molar refractivity (Wildman–Crippen MR) is 92.9 cm³/mol. The number of ether oxygens (including phenoxy) is 1. The number of aromatic nitrogens is 3. The first kappa shape index (κ1) is 17.8. The summed E-state index contributed by atoms with van der Waals surface area (Å²) >= 11 is 1.62. The topological polar surface area (TPSA) is 60.2 Å². The van der Waals surface area contributed by atoms with Crippen LogP contribution >= 0.6 is 11.8 Å². The van der Waals surface area contributed by atoms with Crippen molar-refractivity contribution in [2.45, 2.75) is 44.4 Å². The summed E-state index contributed by atoms with van der Waals surface area (Å²) in [7, 11) is 1.86. The molecule has 0 bridgehead atoms. The van der Waals surface area contributed by atoms with E-state index in [1.54, 1.807) is 11.8 Å². The molecule has 0 saturated heterocycles. The minimum atomic E-state index is -0.0856. The van der Waals surface area contributed by atoms with Crippen molar-refractivity contribution in [1.82, 2.24) is 14.8 Å². The molecule has 0 amide bonds. The molecule has 1 aromatic carbocycles. The van der Waals surface area contributed by atoms with Crippen LogP contribution in [0.2, 0.25) is 0 Å². The number of thioether (sulfide) groups is 1. The maximum Gasteiger partial charge on any atom is 0.191 e. The van der Waals surface area contributed by atoms with E-state index in [0.717, 1.165) is 23.1 Å². The van der Waals surface area contributed by atoms with Gasteiger partial charge in [-0.25, -0.2) is 0 Å². The quantitative estimate of drug-likeness (QED) is 0.622. The van der Waals surface area contributed by atoms with E-state index < -0.39 is 0 Å². The Morgan fingerprint density at radius 3 is 2.43 bits per heavy atom. The van der Waals surface area contributed by atoms with Gasteiger partial charge in [0.15, 0.2) is 11.0 Å². The summed E-state index contributed by atoms with van der Waals surface area (Å²) in [4.78, 5) is 0. The SMILES string of the molecule is Cn1c(CO)nnc1SCCCOc1ccc(C(C)(C)C)cc1. The molecule has 0 fully saturated rings. The second kappa shape index (κ2) is 7.84. The standard InChI is InChI=1S/C17H25N3O2S/c1-17(2,3)13-6-8-14(9-7-13)22-10-5-11-23-16-19-18-15(12-21)20(16)4/h6-9,21H,5,10-12H2,1-4H3. The number of hydrogen-bond donors (Lipinski definition) is 1. The van der Waals surface area contributed by atoms with Crippen molar-refractivity contribution in [3.05, 3.63) is 35.7 Å². The van der Waals surface area contributed by atoms with Gasteiger partial charge in [0.2, 0.25) is 0 Å². The molecule has 2 rings (SSSR count). The summed E-state index contributed by atoms with van der Waals surface area (Å²) in [5.74, 6) is 2.39. The summed E-state index contributed by atoms with van der Waals surface area (Å²) < 4.78 is 7.59. The van der Waals surface area contributed by atoms with Crippen LogP contribution in [0.1, 0.15) is 38.6 Å². The average molecular weight is 335 g/mol. The molecule has 0 aliphatic carbocycles. The highest BCUT2D eigenvalue weighted by molar-refractivity contribution is 7.99. The molecule has 2 aromatic rings. The zero-order valence-electron chi connectivity index (χ0n) is 14.2. The molecule has 0 unspecified atom stereocenters. The van der Waals surface area contributed by atoms with Crippen molar-refractivity contribution in [2.24, 2.45) is 7.05 Å². The molecular weight excluding hydrogens is 310 g/mol. The third kappa shape index (κ3) is 4.97. The summed E-state index contributed by atoms with van der Waals surface area (Å²) in [6.45, 7) is 7.20. The summed E-state index contributed by atoms with van der Waals surface area (Å²) in [6.07, 6.45) is 0.924. The smallest absolute Gasteiger partial charge is 0.191 e. The fourth-order valence-electron chi connectivity index (χ4n) is 2.07. The van der Waals surface area contributed by atoms with Crippen LogP contribution in [0.4, 0.5) is 0 Å². The van der Waals surface area contributed by atoms with E-state index in [1.165, 1.54) is 5.56 Å². The van der Waals surface area contributed by atoms with Crippen molar-refractivity contribution in [1.29, 1.82) is 0 Å². The van der Waals surface area contributed by atoms with E-state index in [2.05, 4.69) is 43.1 Å². The van der Waals surface area contributed by atoms with Gasteiger partial charge in [-0.05, 0) is 29.5 Å². The largest absolute Gasteiger partial charge is 0.494 e. The number of rotatable bonds is 7. The van der Waals surface area contributed by atoms with Gasteiger partial charge in [0, 0.05) is 12.8 Å². The van der Waals surface area contributed by atoms with Crippen molar-refractivity contribution in [3.8, 4) is 5.75 Å². The molecule has 1 aromatic heterocycles. The third-order valence-electron chi connectivity index (χ3n) is 3.58. The molecule has 1 N–H and O–H groups in total. The first-order chi connectivity index (χ1) is 10.9. The lowest BCUT2D eigenvalue weighted by Crippen LogP contribution is -2.10. The van der Waals surface area contributed by atoms with Crippen molar-refractivity contribution < 1.29 is 9.84 Å². The van der Waals surface area contributed by atoms with Gasteiger partial charge < -0.3 is 14.4 Å². The molecule has 126 valence electrons. The first-order valence-corrected chi connectivity index (χ1v) is 8.75. The second-order valence-corrected chi connectivity index (χ2v) is 7.50. The Labute approximate surface area is 142 Å². The Morgan fingerprint density at radius 2 is 1.87 bits per heavy atom. The minimum absolute atomic E-state index is 0.0856. The van der Waals surface area contributed by atoms with E-state index >= 15 is 0 Å². The molecular formula is C17H25N3O2S. The molecule has 5 nitrogen and oxygen atoms in total. The number of nitrogens with zero attached hydrogens (tertiary/aromatic N) is 3. The fraction of sp³-hybridized carbons (Fsp3) is 0.529. The van der Waals surface area contributed by atoms with Crippen LogP contribution in [0.15, 0.2) is 29.4 Å². The fourth-order valence-corrected chi connectivity index (χ4v) is 2.91. The Hall–Kier alpha value is -1.53. The normalized spacial score (nSPS) is 11.7. The monoisotopic (exact) mass is 335 g/mol. The van der Waals surface area contributed by atoms with Crippen LogP contribution < -0.4 is 4.74 Å². The van der Waals surface area contributed by atoms with Crippen LogP contribution in [0, 0.1) is 0 Å². The third-order valence-corrected chi connectivity index (χ3v) is 4.68. The predicted octanol–water partition coefficient (Wildman–Crippen LogP) is 3.17. The molecule has 0 saturated carbocycles. The lowest BCUT2D eigenvalue weighted by molar-refractivity contribution is 0.266. The highest BCUT2D eigenvalue weighted by Gasteiger charge is 2.13. The van der Waals surface area contributed by atoms with E-state index in [9.17, 15) is 0 Å². The van der Waals surface area contributed by atoms with Crippen molar-refractivity contribution >= 4 is 11.8 Å². The van der Waals surface area contributed by atoms with E-state index in [1.807, 2.05) is 23.7 Å². The summed E-state index contributed by atoms with van der Waals surface area (Å²) in [5.41, 5.74) is 1.47. The Balaban J connectivity index is 1.72. The highest BCUT2D eigenvalue weighted by Crippen LogP contribution is 2.24. The Bertz CT molecular complexity index is 618. The van der Waals surface area contributed by atoms with E-state index in [-0.39, 0.29) is 12.0 Å². The Morgan fingerprint density at radius 1 is 1.17 bits per heavy atom. The van der Waals surface area contributed by atoms with Gasteiger partial charge in [-0.2, -0.15) is 0 Å². The van der Waals surface area contributed by atoms with Crippen LogP contribution in [0.3, 0.4) is 0 Å². The Kier molecular flexibility index (Phi) is 6.07. The zero-order chi connectivity index (χ0) is 16.9. The molecule has 0 spiro atoms. The van der Waals surface area contributed by atoms with Gasteiger partial charge >= 0.3 is 0 Å². The van der Waals surface area contributed by atoms with Gasteiger partial charge in [0.05, 0.1) is 6.61 Å². The first-order valence-electron chi connectivity index (χ1n) is 7.77. The number of hydrogen-bond acceptors (Lipinski definition) is 5. The van der Waals surface area contributed by atoms with E-state index in [4.69, 9.17) is 9.84 Å². The van der Waals surface area contributed by atoms with Crippen LogP contribution in [0.25, 0.3) is 0 Å². The number of aliphatic hydroxyl groups is 1. The highest BCUT2D eigenvalue weighted by atomic mass is 32.2.